The molecule has 3 aliphatic rings. The number of halogens is 4. The van der Waals surface area contributed by atoms with Crippen LogP contribution in [0.15, 0.2) is 66.7 Å². The first-order valence-electron chi connectivity index (χ1n) is 14.1. The maximum absolute atomic E-state index is 15.6. The van der Waals surface area contributed by atoms with Crippen LogP contribution in [0.5, 0.6) is 5.88 Å². The Morgan fingerprint density at radius 1 is 0.977 bits per heavy atom. The SMILES string of the molecule is O=C(O)c1ccc2nc(Cc3cc(F)c(-c4cccc(OCc5ccc(Cl)cc5F)n4)cc3F)n(C3COC4CC3C4)c2c1. The molecular formula is C33H25ClF3N3O4. The highest BCUT2D eigenvalue weighted by Crippen LogP contribution is 2.45. The molecule has 44 heavy (non-hydrogen) atoms. The Hall–Kier alpha value is -4.41. The lowest BCUT2D eigenvalue weighted by Gasteiger charge is -2.47. The molecule has 2 aromatic heterocycles. The van der Waals surface area contributed by atoms with Gasteiger partial charge < -0.3 is 19.1 Å². The number of aromatic carboxylic acids is 1. The standard InChI is InChI=1S/C33H25ClF3N3O4/c34-21-6-4-18(24(35)13-21)15-44-32-3-1-2-27(39-32)23-14-25(36)19(10-26(23)37)12-31-38-28-7-5-17(33(41)42)11-29(28)40(31)30-16-43-22-8-20(30)9-22/h1-7,10-11,13-14,20,22,30H,8-9,12,15-16H2,(H,41,42). The lowest BCUT2D eigenvalue weighted by atomic mass is 9.74. The third-order valence-corrected chi connectivity index (χ3v) is 8.63. The molecular weight excluding hydrogens is 595 g/mol. The molecule has 0 spiro atoms. The molecule has 2 bridgehead atoms. The molecule has 0 radical (unpaired) electrons. The van der Waals surface area contributed by atoms with Gasteiger partial charge in [-0.25, -0.2) is 27.9 Å². The predicted molar refractivity (Wildman–Crippen MR) is 156 cm³/mol. The first kappa shape index (κ1) is 28.4. The summed E-state index contributed by atoms with van der Waals surface area (Å²) in [5.41, 5.74) is 1.76. The second-order valence-corrected chi connectivity index (χ2v) is 11.6. The molecule has 11 heteroatoms. The van der Waals surface area contributed by atoms with Crippen LogP contribution in [0.3, 0.4) is 0 Å². The van der Waals surface area contributed by atoms with Gasteiger partial charge in [0.25, 0.3) is 0 Å². The van der Waals surface area contributed by atoms with E-state index in [9.17, 15) is 14.3 Å². The fourth-order valence-electron chi connectivity index (χ4n) is 6.01. The fraction of sp³-hybridized carbons (Fsp3) is 0.242. The third-order valence-electron chi connectivity index (χ3n) is 8.39. The maximum atomic E-state index is 15.6. The molecule has 8 rings (SSSR count). The normalized spacial score (nSPS) is 19.1. The van der Waals surface area contributed by atoms with E-state index in [-0.39, 0.29) is 64.0 Å². The highest BCUT2D eigenvalue weighted by molar-refractivity contribution is 6.30. The summed E-state index contributed by atoms with van der Waals surface area (Å²) in [6, 6.07) is 15.7. The van der Waals surface area contributed by atoms with Gasteiger partial charge in [0.15, 0.2) is 0 Å². The summed E-state index contributed by atoms with van der Waals surface area (Å²) < 4.78 is 58.8. The van der Waals surface area contributed by atoms with Gasteiger partial charge in [0.1, 0.15) is 29.9 Å². The minimum absolute atomic E-state index is 0.0179. The summed E-state index contributed by atoms with van der Waals surface area (Å²) in [6.45, 7) is 0.313. The molecule has 1 atom stereocenters. The third kappa shape index (κ3) is 5.28. The fourth-order valence-corrected chi connectivity index (χ4v) is 6.17. The minimum Gasteiger partial charge on any atom is -0.478 e. The second-order valence-electron chi connectivity index (χ2n) is 11.1. The number of nitrogens with zero attached hydrogens (tertiary/aromatic N) is 3. The van der Waals surface area contributed by atoms with Crippen LogP contribution in [0, 0.1) is 23.4 Å². The molecule has 1 saturated carbocycles. The number of pyridine rings is 1. The lowest BCUT2D eigenvalue weighted by Crippen LogP contribution is -2.46. The van der Waals surface area contributed by atoms with E-state index in [1.54, 1.807) is 30.3 Å². The number of aromatic nitrogens is 3. The van der Waals surface area contributed by atoms with Gasteiger partial charge in [0.2, 0.25) is 5.88 Å². The van der Waals surface area contributed by atoms with Gasteiger partial charge in [-0.15, -0.1) is 0 Å². The van der Waals surface area contributed by atoms with Crippen LogP contribution in [-0.4, -0.2) is 38.3 Å². The van der Waals surface area contributed by atoms with Crippen molar-refractivity contribution in [3.63, 3.8) is 0 Å². The van der Waals surface area contributed by atoms with Gasteiger partial charge in [-0.2, -0.15) is 0 Å². The first-order valence-corrected chi connectivity index (χ1v) is 14.5. The largest absolute Gasteiger partial charge is 0.478 e. The van der Waals surface area contributed by atoms with Crippen LogP contribution >= 0.6 is 11.6 Å². The van der Waals surface area contributed by atoms with Crippen LogP contribution in [0.2, 0.25) is 5.02 Å². The van der Waals surface area contributed by atoms with Crippen molar-refractivity contribution in [3.8, 4) is 17.1 Å². The van der Waals surface area contributed by atoms with Gasteiger partial charge >= 0.3 is 5.97 Å². The number of hydrogen-bond acceptors (Lipinski definition) is 5. The van der Waals surface area contributed by atoms with Crippen molar-refractivity contribution in [1.82, 2.24) is 14.5 Å². The molecule has 4 heterocycles. The molecule has 2 saturated heterocycles. The van der Waals surface area contributed by atoms with E-state index in [1.165, 1.54) is 24.3 Å². The summed E-state index contributed by atoms with van der Waals surface area (Å²) in [5.74, 6) is -1.98. The average molecular weight is 620 g/mol. The Morgan fingerprint density at radius 3 is 2.55 bits per heavy atom. The van der Waals surface area contributed by atoms with Crippen molar-refractivity contribution in [2.45, 2.75) is 38.0 Å². The zero-order chi connectivity index (χ0) is 30.5. The van der Waals surface area contributed by atoms with Crippen LogP contribution in [0.1, 0.15) is 46.2 Å². The Balaban J connectivity index is 1.18. The Morgan fingerprint density at radius 2 is 1.80 bits per heavy atom. The highest BCUT2D eigenvalue weighted by atomic mass is 35.5. The van der Waals surface area contributed by atoms with Crippen molar-refractivity contribution in [3.05, 3.63) is 112 Å². The van der Waals surface area contributed by atoms with E-state index in [2.05, 4.69) is 4.98 Å². The van der Waals surface area contributed by atoms with Crippen LogP contribution < -0.4 is 4.74 Å². The van der Waals surface area contributed by atoms with E-state index in [1.807, 2.05) is 4.57 Å². The molecule has 1 unspecified atom stereocenters. The van der Waals surface area contributed by atoms with Gasteiger partial charge in [-0.3, -0.25) is 0 Å². The summed E-state index contributed by atoms with van der Waals surface area (Å²) >= 11 is 5.80. The van der Waals surface area contributed by atoms with Gasteiger partial charge in [0, 0.05) is 28.6 Å². The van der Waals surface area contributed by atoms with Crippen molar-refractivity contribution in [2.24, 2.45) is 5.92 Å². The number of fused-ring (bicyclic) bond motifs is 3. The topological polar surface area (TPSA) is 86.5 Å². The molecule has 1 N–H and O–H groups in total. The number of carboxylic acid groups (broad SMARTS) is 1. The summed E-state index contributed by atoms with van der Waals surface area (Å²) in [5, 5.41) is 9.84. The molecule has 1 aliphatic carbocycles. The Kier molecular flexibility index (Phi) is 7.26. The Bertz CT molecular complexity index is 1920. The molecule has 224 valence electrons. The van der Waals surface area contributed by atoms with Crippen molar-refractivity contribution in [1.29, 1.82) is 0 Å². The number of imidazole rings is 1. The van der Waals surface area contributed by atoms with Gasteiger partial charge in [-0.05, 0) is 72.9 Å². The molecule has 3 fully saturated rings. The lowest BCUT2D eigenvalue weighted by molar-refractivity contribution is -0.121. The predicted octanol–water partition coefficient (Wildman–Crippen LogP) is 7.39. The molecule has 5 aromatic rings. The molecule has 2 aliphatic heterocycles. The van der Waals surface area contributed by atoms with Crippen molar-refractivity contribution >= 4 is 28.6 Å². The zero-order valence-corrected chi connectivity index (χ0v) is 23.9. The maximum Gasteiger partial charge on any atom is 0.335 e. The Labute approximate surface area is 254 Å². The zero-order valence-electron chi connectivity index (χ0n) is 23.1. The minimum atomic E-state index is -1.06. The highest BCUT2D eigenvalue weighted by Gasteiger charge is 2.43. The second kappa shape index (κ2) is 11.3. The molecule has 0 amide bonds. The summed E-state index contributed by atoms with van der Waals surface area (Å²) in [6.07, 6.45) is 2.00. The van der Waals surface area contributed by atoms with Gasteiger partial charge in [-0.1, -0.05) is 23.7 Å². The molecule has 3 aromatic carbocycles. The summed E-state index contributed by atoms with van der Waals surface area (Å²) in [7, 11) is 0. The van der Waals surface area contributed by atoms with E-state index < -0.39 is 23.4 Å². The number of ether oxygens (including phenoxy) is 2. The van der Waals surface area contributed by atoms with Gasteiger partial charge in [0.05, 0.1) is 41.0 Å². The monoisotopic (exact) mass is 619 g/mol. The quantitative estimate of drug-likeness (QED) is 0.195. The number of carboxylic acids is 1. The first-order chi connectivity index (χ1) is 21.2. The van der Waals surface area contributed by atoms with Crippen molar-refractivity contribution in [2.75, 3.05) is 6.61 Å². The summed E-state index contributed by atoms with van der Waals surface area (Å²) in [4.78, 5) is 20.7. The molecule has 7 nitrogen and oxygen atoms in total. The van der Waals surface area contributed by atoms with E-state index in [4.69, 9.17) is 26.1 Å². The number of benzene rings is 3. The van der Waals surface area contributed by atoms with Crippen LogP contribution in [0.25, 0.3) is 22.3 Å². The smallest absolute Gasteiger partial charge is 0.335 e. The number of carbonyl (C=O) groups is 1. The van der Waals surface area contributed by atoms with E-state index in [0.29, 0.717) is 29.4 Å². The van der Waals surface area contributed by atoms with E-state index in [0.717, 1.165) is 25.0 Å². The van der Waals surface area contributed by atoms with Crippen LogP contribution in [0.4, 0.5) is 13.2 Å². The van der Waals surface area contributed by atoms with Crippen molar-refractivity contribution < 1.29 is 32.5 Å². The number of rotatable bonds is 8. The van der Waals surface area contributed by atoms with E-state index >= 15 is 8.78 Å². The number of hydrogen-bond donors (Lipinski definition) is 1. The van der Waals surface area contributed by atoms with Crippen LogP contribution in [-0.2, 0) is 17.8 Å². The average Bonchev–Trinajstić information content (AvgIpc) is 3.35.